The Morgan fingerprint density at radius 2 is 1.77 bits per heavy atom. The summed E-state index contributed by atoms with van der Waals surface area (Å²) in [6, 6.07) is 10.3. The number of hydrogen-bond acceptors (Lipinski definition) is 2. The van der Waals surface area contributed by atoms with Crippen molar-refractivity contribution in [3.63, 3.8) is 0 Å². The van der Waals surface area contributed by atoms with Crippen molar-refractivity contribution in [3.8, 4) is 0 Å². The molecule has 0 amide bonds. The van der Waals surface area contributed by atoms with E-state index in [1.165, 1.54) is 62.8 Å². The molecule has 1 aliphatic rings. The van der Waals surface area contributed by atoms with Gasteiger partial charge in [-0.05, 0) is 37.8 Å². The number of para-hydroxylation sites is 1. The van der Waals surface area contributed by atoms with Crippen molar-refractivity contribution in [2.24, 2.45) is 4.99 Å². The van der Waals surface area contributed by atoms with Crippen LogP contribution < -0.4 is 5.32 Å². The minimum absolute atomic E-state index is 1.06. The molecule has 0 spiro atoms. The van der Waals surface area contributed by atoms with Crippen LogP contribution in [-0.2, 0) is 0 Å². The normalized spacial score (nSPS) is 16.6. The molecule has 0 unspecified atom stereocenters. The predicted molar refractivity (Wildman–Crippen MR) is 96.8 cm³/mol. The van der Waals surface area contributed by atoms with Gasteiger partial charge in [-0.2, -0.15) is 0 Å². The number of nitrogens with one attached hydrogen (secondary N) is 1. The number of benzene rings is 1. The third-order valence-electron chi connectivity index (χ3n) is 4.14. The van der Waals surface area contributed by atoms with Crippen molar-refractivity contribution in [1.82, 2.24) is 5.32 Å². The molecular weight excluding hydrogens is 268 g/mol. The van der Waals surface area contributed by atoms with E-state index in [0.29, 0.717) is 0 Å². The second-order valence-corrected chi connectivity index (χ2v) is 6.10. The van der Waals surface area contributed by atoms with Crippen molar-refractivity contribution >= 4 is 11.4 Å². The maximum absolute atomic E-state index is 4.82. The molecule has 2 nitrogen and oxygen atoms in total. The lowest BCUT2D eigenvalue weighted by atomic mass is 10.0. The average Bonchev–Trinajstić information content (AvgIpc) is 2.56. The van der Waals surface area contributed by atoms with E-state index >= 15 is 0 Å². The number of aliphatic imine (C=N–C) groups is 1. The summed E-state index contributed by atoms with van der Waals surface area (Å²) >= 11 is 0. The molecule has 0 aromatic heterocycles. The van der Waals surface area contributed by atoms with Crippen LogP contribution in [0.25, 0.3) is 0 Å². The molecule has 0 bridgehead atoms. The second kappa shape index (κ2) is 10.2. The first kappa shape index (κ1) is 16.8. The van der Waals surface area contributed by atoms with Crippen LogP contribution in [-0.4, -0.2) is 12.3 Å². The molecule has 0 aliphatic heterocycles. The van der Waals surface area contributed by atoms with Gasteiger partial charge < -0.3 is 5.32 Å². The molecule has 0 fully saturated rings. The Bertz CT molecular complexity index is 474. The summed E-state index contributed by atoms with van der Waals surface area (Å²) in [6.45, 7) is 3.34. The maximum atomic E-state index is 4.82. The minimum atomic E-state index is 1.06. The largest absolute Gasteiger partial charge is 0.384 e. The first-order chi connectivity index (χ1) is 10.9. The molecule has 1 N–H and O–H groups in total. The zero-order valence-electron chi connectivity index (χ0n) is 14.0. The first-order valence-electron chi connectivity index (χ1n) is 8.97. The van der Waals surface area contributed by atoms with Gasteiger partial charge in [0, 0.05) is 6.54 Å². The van der Waals surface area contributed by atoms with E-state index in [-0.39, 0.29) is 0 Å². The molecule has 1 aromatic carbocycles. The van der Waals surface area contributed by atoms with E-state index in [1.54, 1.807) is 0 Å². The van der Waals surface area contributed by atoms with Crippen LogP contribution in [0.15, 0.2) is 47.1 Å². The van der Waals surface area contributed by atoms with Crippen LogP contribution in [0.3, 0.4) is 0 Å². The quantitative estimate of drug-likeness (QED) is 0.574. The van der Waals surface area contributed by atoms with E-state index in [0.717, 1.165) is 18.7 Å². The third kappa shape index (κ3) is 6.05. The topological polar surface area (TPSA) is 24.4 Å². The van der Waals surface area contributed by atoms with E-state index in [9.17, 15) is 0 Å². The Balaban J connectivity index is 1.78. The predicted octanol–water partition coefficient (Wildman–Crippen LogP) is 5.78. The second-order valence-electron chi connectivity index (χ2n) is 6.10. The van der Waals surface area contributed by atoms with Crippen molar-refractivity contribution in [1.29, 1.82) is 0 Å². The molecule has 1 aliphatic carbocycles. The van der Waals surface area contributed by atoms with Gasteiger partial charge in [0.25, 0.3) is 0 Å². The van der Waals surface area contributed by atoms with Crippen molar-refractivity contribution < 1.29 is 0 Å². The Hall–Kier alpha value is -1.57. The number of hydrogen-bond donors (Lipinski definition) is 1. The lowest BCUT2D eigenvalue weighted by molar-refractivity contribution is 0.594. The van der Waals surface area contributed by atoms with Gasteiger partial charge in [-0.3, -0.25) is 4.99 Å². The van der Waals surface area contributed by atoms with Crippen molar-refractivity contribution in [2.45, 2.75) is 64.7 Å². The van der Waals surface area contributed by atoms with Gasteiger partial charge >= 0.3 is 0 Å². The standard InChI is InChI=1S/C20H30N2/c1-2-3-4-5-6-12-17-21-19-15-10-11-16-20(19)22-18-13-8-7-9-14-18/h7-9,13-15,21H,2-6,10-12,16-17H2,1H3/b22-20+. The summed E-state index contributed by atoms with van der Waals surface area (Å²) in [4.78, 5) is 4.82. The van der Waals surface area contributed by atoms with Crippen LogP contribution in [0.4, 0.5) is 5.69 Å². The van der Waals surface area contributed by atoms with E-state index in [1.807, 2.05) is 6.07 Å². The fourth-order valence-corrected chi connectivity index (χ4v) is 2.85. The van der Waals surface area contributed by atoms with Crippen LogP contribution in [0.1, 0.15) is 64.7 Å². The Labute approximate surface area is 135 Å². The molecular formula is C20H30N2. The van der Waals surface area contributed by atoms with Gasteiger partial charge in [-0.1, -0.05) is 63.3 Å². The van der Waals surface area contributed by atoms with Crippen molar-refractivity contribution in [3.05, 3.63) is 42.1 Å². The number of unbranched alkanes of at least 4 members (excludes halogenated alkanes) is 5. The molecule has 0 saturated heterocycles. The Kier molecular flexibility index (Phi) is 7.79. The highest BCUT2D eigenvalue weighted by Crippen LogP contribution is 2.19. The summed E-state index contributed by atoms with van der Waals surface area (Å²) in [7, 11) is 0. The monoisotopic (exact) mass is 298 g/mol. The molecule has 0 saturated carbocycles. The molecule has 120 valence electrons. The van der Waals surface area contributed by atoms with Gasteiger partial charge in [-0.25, -0.2) is 0 Å². The average molecular weight is 298 g/mol. The van der Waals surface area contributed by atoms with E-state index < -0.39 is 0 Å². The molecule has 2 heteroatoms. The van der Waals surface area contributed by atoms with Gasteiger partial charge in [-0.15, -0.1) is 0 Å². The number of allylic oxidation sites excluding steroid dienone is 2. The lowest BCUT2D eigenvalue weighted by Gasteiger charge is -2.18. The summed E-state index contributed by atoms with van der Waals surface area (Å²) in [6.07, 6.45) is 13.9. The first-order valence-corrected chi connectivity index (χ1v) is 8.97. The van der Waals surface area contributed by atoms with Crippen LogP contribution in [0, 0.1) is 0 Å². The molecule has 0 radical (unpaired) electrons. The zero-order valence-corrected chi connectivity index (χ0v) is 14.0. The van der Waals surface area contributed by atoms with Gasteiger partial charge in [0.2, 0.25) is 0 Å². The highest BCUT2D eigenvalue weighted by molar-refractivity contribution is 6.01. The molecule has 0 heterocycles. The van der Waals surface area contributed by atoms with Crippen LogP contribution in [0.5, 0.6) is 0 Å². The maximum Gasteiger partial charge on any atom is 0.0638 e. The fraction of sp³-hybridized carbons (Fsp3) is 0.550. The summed E-state index contributed by atoms with van der Waals surface area (Å²) in [5.74, 6) is 0. The lowest BCUT2D eigenvalue weighted by Crippen LogP contribution is -2.23. The molecule has 2 rings (SSSR count). The summed E-state index contributed by atoms with van der Waals surface area (Å²) in [5.41, 5.74) is 3.55. The van der Waals surface area contributed by atoms with E-state index in [2.05, 4.69) is 42.6 Å². The molecule has 1 aromatic rings. The Morgan fingerprint density at radius 1 is 1.00 bits per heavy atom. The van der Waals surface area contributed by atoms with E-state index in [4.69, 9.17) is 4.99 Å². The minimum Gasteiger partial charge on any atom is -0.384 e. The third-order valence-corrected chi connectivity index (χ3v) is 4.14. The highest BCUT2D eigenvalue weighted by Gasteiger charge is 2.11. The SMILES string of the molecule is CCCCCCCCNC1=CCCC/C1=N\c1ccccc1. The molecule has 0 atom stereocenters. The zero-order chi connectivity index (χ0) is 15.5. The van der Waals surface area contributed by atoms with Gasteiger partial charge in [0.15, 0.2) is 0 Å². The molecule has 22 heavy (non-hydrogen) atoms. The fourth-order valence-electron chi connectivity index (χ4n) is 2.85. The number of nitrogens with zero attached hydrogens (tertiary/aromatic N) is 1. The highest BCUT2D eigenvalue weighted by atomic mass is 14.9. The summed E-state index contributed by atoms with van der Waals surface area (Å²) in [5, 5.41) is 3.61. The van der Waals surface area contributed by atoms with Crippen LogP contribution >= 0.6 is 0 Å². The van der Waals surface area contributed by atoms with Gasteiger partial charge in [0.05, 0.1) is 17.1 Å². The van der Waals surface area contributed by atoms with Crippen molar-refractivity contribution in [2.75, 3.05) is 6.54 Å². The van der Waals surface area contributed by atoms with Gasteiger partial charge in [0.1, 0.15) is 0 Å². The number of rotatable bonds is 9. The Morgan fingerprint density at radius 3 is 2.59 bits per heavy atom. The van der Waals surface area contributed by atoms with Crippen LogP contribution in [0.2, 0.25) is 0 Å². The summed E-state index contributed by atoms with van der Waals surface area (Å²) < 4.78 is 0. The smallest absolute Gasteiger partial charge is 0.0638 e.